The first-order chi connectivity index (χ1) is 35.1. The molecule has 2 aromatic heterocycles. The average Bonchev–Trinajstić information content (AvgIpc) is 3.71. The quantitative estimate of drug-likeness (QED) is 0.0684. The minimum atomic E-state index is -4.60. The molecule has 3 aromatic carbocycles. The van der Waals surface area contributed by atoms with Gasteiger partial charge < -0.3 is 39.6 Å². The van der Waals surface area contributed by atoms with Gasteiger partial charge in [0.05, 0.1) is 64.3 Å². The van der Waals surface area contributed by atoms with E-state index in [1.807, 2.05) is 31.3 Å². The van der Waals surface area contributed by atoms with Gasteiger partial charge in [0.2, 0.25) is 0 Å². The Hall–Kier alpha value is -5.79. The smallest absolute Gasteiger partial charge is 0.293 e. The highest BCUT2D eigenvalue weighted by atomic mass is 32.2. The van der Waals surface area contributed by atoms with Crippen LogP contribution in [0.1, 0.15) is 112 Å². The fourth-order valence-corrected chi connectivity index (χ4v) is 13.7. The summed E-state index contributed by atoms with van der Waals surface area (Å²) in [6, 6.07) is 22.8. The van der Waals surface area contributed by atoms with Gasteiger partial charge in [-0.1, -0.05) is 38.1 Å². The van der Waals surface area contributed by atoms with Crippen molar-refractivity contribution in [3.63, 3.8) is 0 Å². The Labute approximate surface area is 427 Å². The Kier molecular flexibility index (Phi) is 13.4. The number of benzene rings is 3. The van der Waals surface area contributed by atoms with E-state index in [4.69, 9.17) is 14.5 Å². The molecular weight excluding hydrogens is 947 g/mol. The van der Waals surface area contributed by atoms with Crippen molar-refractivity contribution < 1.29 is 32.7 Å². The SMILES string of the molecule is CC(C)c1ccccc1[C@@H]1COCCN1C1CC2(CCN(c3ccc(C(=O)NS(=O)(=O)c4ccc(NCC5CCC(C)(O)CC5)c([N+](=O)[O-])c4)c(N4C[C@H]5COCCCN5c5nc6[nH]ccc6cc54)c3)CC2)C1. The molecule has 73 heavy (non-hydrogen) atoms. The van der Waals surface area contributed by atoms with E-state index in [0.717, 1.165) is 112 Å². The molecule has 3 saturated heterocycles. The van der Waals surface area contributed by atoms with E-state index in [-0.39, 0.29) is 34.7 Å². The zero-order chi connectivity index (χ0) is 50.6. The number of morpholine rings is 1. The highest BCUT2D eigenvalue weighted by Crippen LogP contribution is 2.54. The van der Waals surface area contributed by atoms with Crippen LogP contribution in [0.3, 0.4) is 0 Å². The molecule has 6 heterocycles. The number of carbonyl (C=O) groups is 1. The number of fused-ring (bicyclic) bond motifs is 4. The molecule has 0 unspecified atom stereocenters. The standard InChI is InChI=1S/C55H69N9O8S/c1-36(2)43-7-4-5-8-44(43)50-35-72-26-24-61(50)40-30-55(31-40)18-22-60(23-19-55)39-9-11-45(47(28-39)63-33-41-34-71-25-6-21-62(41)52-49(63)27-38-15-20-56-51(38)58-52)53(65)59-73(69,70)42-10-12-46(48(29-42)64(67)68)57-32-37-13-16-54(3,66)17-14-37/h4-5,7-12,15,20,27-29,36-37,40-41,50,57,66H,6,13-14,16-19,21-26,30-35H2,1-3H3,(H,56,58)(H,59,65)/t37?,41-,50-,54?/m0/s1. The zero-order valence-corrected chi connectivity index (χ0v) is 43.0. The number of nitrogens with one attached hydrogen (secondary N) is 3. The van der Waals surface area contributed by atoms with Crippen molar-refractivity contribution in [3.8, 4) is 0 Å². The summed E-state index contributed by atoms with van der Waals surface area (Å²) in [5.41, 5.74) is 5.25. The number of nitro groups is 1. The van der Waals surface area contributed by atoms with Gasteiger partial charge in [-0.05, 0) is 136 Å². The maximum atomic E-state index is 14.7. The average molecular weight is 1020 g/mol. The zero-order valence-electron chi connectivity index (χ0n) is 42.2. The number of ether oxygens (including phenoxy) is 2. The second kappa shape index (κ2) is 19.8. The number of sulfonamides is 1. The number of rotatable bonds is 12. The van der Waals surface area contributed by atoms with Crippen molar-refractivity contribution in [1.82, 2.24) is 19.6 Å². The molecule has 4 aliphatic heterocycles. The van der Waals surface area contributed by atoms with Crippen LogP contribution in [0, 0.1) is 21.4 Å². The number of nitro benzene ring substituents is 1. The van der Waals surface area contributed by atoms with Gasteiger partial charge in [0.15, 0.2) is 5.82 Å². The van der Waals surface area contributed by atoms with E-state index in [2.05, 4.69) is 78.8 Å². The number of hydrogen-bond donors (Lipinski definition) is 4. The molecule has 2 aliphatic carbocycles. The van der Waals surface area contributed by atoms with Crippen LogP contribution in [-0.2, 0) is 19.5 Å². The first-order valence-electron chi connectivity index (χ1n) is 26.4. The Balaban J connectivity index is 0.864. The van der Waals surface area contributed by atoms with Gasteiger partial charge in [-0.2, -0.15) is 0 Å². The number of anilines is 5. The minimum absolute atomic E-state index is 0.106. The number of amides is 1. The number of piperidine rings is 1. The molecule has 0 bridgehead atoms. The second-order valence-corrected chi connectivity index (χ2v) is 23.9. The first-order valence-corrected chi connectivity index (χ1v) is 27.9. The van der Waals surface area contributed by atoms with Crippen molar-refractivity contribution in [2.24, 2.45) is 11.3 Å². The highest BCUT2D eigenvalue weighted by Gasteiger charge is 2.50. The van der Waals surface area contributed by atoms with E-state index in [0.29, 0.717) is 63.4 Å². The van der Waals surface area contributed by atoms with Crippen molar-refractivity contribution >= 4 is 61.2 Å². The largest absolute Gasteiger partial charge is 0.390 e. The van der Waals surface area contributed by atoms with Crippen LogP contribution < -0.4 is 24.7 Å². The molecule has 1 spiro atoms. The lowest BCUT2D eigenvalue weighted by Gasteiger charge is -2.57. The normalized spacial score (nSPS) is 24.7. The van der Waals surface area contributed by atoms with Gasteiger partial charge in [0.25, 0.3) is 21.6 Å². The number of hydrogen-bond acceptors (Lipinski definition) is 14. The summed E-state index contributed by atoms with van der Waals surface area (Å²) in [7, 11) is -4.60. The summed E-state index contributed by atoms with van der Waals surface area (Å²) in [5, 5.41) is 26.8. The number of carbonyl (C=O) groups excluding carboxylic acids is 1. The molecule has 5 aromatic rings. The van der Waals surface area contributed by atoms with Gasteiger partial charge >= 0.3 is 0 Å². The third-order valence-corrected chi connectivity index (χ3v) is 18.3. The number of pyridine rings is 1. The van der Waals surface area contributed by atoms with E-state index in [1.54, 1.807) is 6.07 Å². The summed E-state index contributed by atoms with van der Waals surface area (Å²) in [6.45, 7) is 13.1. The molecule has 17 nitrogen and oxygen atoms in total. The van der Waals surface area contributed by atoms with Crippen molar-refractivity contribution in [2.75, 3.05) is 85.7 Å². The van der Waals surface area contributed by atoms with Gasteiger partial charge in [0, 0.05) is 75.3 Å². The van der Waals surface area contributed by atoms with Gasteiger partial charge in [-0.15, -0.1) is 0 Å². The first kappa shape index (κ1) is 49.4. The van der Waals surface area contributed by atoms with Crippen LogP contribution in [0.4, 0.5) is 34.3 Å². The molecule has 2 saturated carbocycles. The Morgan fingerprint density at radius 3 is 2.49 bits per heavy atom. The Morgan fingerprint density at radius 1 is 0.932 bits per heavy atom. The number of aliphatic hydroxyl groups is 1. The summed E-state index contributed by atoms with van der Waals surface area (Å²) in [4.78, 5) is 44.0. The molecule has 18 heteroatoms. The second-order valence-electron chi connectivity index (χ2n) is 22.2. The summed E-state index contributed by atoms with van der Waals surface area (Å²) >= 11 is 0. The lowest BCUT2D eigenvalue weighted by atomic mass is 9.59. The van der Waals surface area contributed by atoms with Crippen LogP contribution in [0.5, 0.6) is 0 Å². The van der Waals surface area contributed by atoms with Crippen LogP contribution in [0.15, 0.2) is 83.9 Å². The fourth-order valence-electron chi connectivity index (χ4n) is 12.8. The summed E-state index contributed by atoms with van der Waals surface area (Å²) in [5.74, 6) is 0.536. The Morgan fingerprint density at radius 2 is 1.71 bits per heavy atom. The molecule has 1 amide bonds. The number of aromatic nitrogens is 2. The predicted molar refractivity (Wildman–Crippen MR) is 283 cm³/mol. The van der Waals surface area contributed by atoms with Crippen molar-refractivity contribution in [1.29, 1.82) is 0 Å². The fraction of sp³-hybridized carbons (Fsp3) is 0.527. The highest BCUT2D eigenvalue weighted by molar-refractivity contribution is 7.90. The summed E-state index contributed by atoms with van der Waals surface area (Å²) in [6.07, 6.45) is 9.88. The van der Waals surface area contributed by atoms with E-state index >= 15 is 0 Å². The van der Waals surface area contributed by atoms with Gasteiger partial charge in [-0.25, -0.2) is 18.1 Å². The van der Waals surface area contributed by atoms with Crippen LogP contribution in [0.2, 0.25) is 0 Å². The lowest BCUT2D eigenvalue weighted by Crippen LogP contribution is -2.58. The maximum Gasteiger partial charge on any atom is 0.293 e. The molecule has 4 N–H and O–H groups in total. The molecule has 388 valence electrons. The summed E-state index contributed by atoms with van der Waals surface area (Å²) < 4.78 is 42.9. The van der Waals surface area contributed by atoms with E-state index in [9.17, 15) is 28.4 Å². The van der Waals surface area contributed by atoms with E-state index in [1.165, 1.54) is 23.3 Å². The molecule has 2 atom stereocenters. The van der Waals surface area contributed by atoms with Crippen molar-refractivity contribution in [2.45, 2.75) is 113 Å². The topological polar surface area (TPSA) is 199 Å². The molecular formula is C55H69N9O8S. The third-order valence-electron chi connectivity index (χ3n) is 17.0. The third kappa shape index (κ3) is 9.88. The molecule has 11 rings (SSSR count). The predicted octanol–water partition coefficient (Wildman–Crippen LogP) is 8.64. The van der Waals surface area contributed by atoms with Gasteiger partial charge in [-0.3, -0.25) is 19.8 Å². The Bertz CT molecular complexity index is 2970. The number of aromatic amines is 1. The molecule has 0 radical (unpaired) electrons. The molecule has 6 aliphatic rings. The van der Waals surface area contributed by atoms with Gasteiger partial charge in [0.1, 0.15) is 11.3 Å². The van der Waals surface area contributed by atoms with Crippen molar-refractivity contribution in [3.05, 3.63) is 106 Å². The van der Waals surface area contributed by atoms with Crippen LogP contribution in [-0.4, -0.2) is 123 Å². The van der Waals surface area contributed by atoms with Crippen LogP contribution >= 0.6 is 0 Å². The van der Waals surface area contributed by atoms with Crippen LogP contribution in [0.25, 0.3) is 11.0 Å². The van der Waals surface area contributed by atoms with E-state index < -0.39 is 37.0 Å². The monoisotopic (exact) mass is 1020 g/mol. The number of H-pyrrole nitrogens is 1. The maximum absolute atomic E-state index is 14.7. The molecule has 5 fully saturated rings. The minimum Gasteiger partial charge on any atom is -0.390 e. The number of nitrogens with zero attached hydrogens (tertiary/aromatic N) is 6. The lowest BCUT2D eigenvalue weighted by molar-refractivity contribution is -0.384.